The average molecular weight is 325 g/mol. The first kappa shape index (κ1) is 13.7. The Morgan fingerprint density at radius 2 is 2.05 bits per heavy atom. The molecule has 20 heavy (non-hydrogen) atoms. The number of hydrogen-bond acceptors (Lipinski definition) is 5. The SMILES string of the molecule is O=C(O)c1ccc(NC(=O)c2cc3c(s2)CCSC3)s1. The van der Waals surface area contributed by atoms with Crippen LogP contribution in [-0.2, 0) is 12.2 Å². The summed E-state index contributed by atoms with van der Waals surface area (Å²) in [7, 11) is 0. The van der Waals surface area contributed by atoms with Gasteiger partial charge in [0, 0.05) is 10.6 Å². The smallest absolute Gasteiger partial charge is 0.345 e. The predicted octanol–water partition coefficient (Wildman–Crippen LogP) is 3.55. The topological polar surface area (TPSA) is 66.4 Å². The zero-order valence-electron chi connectivity index (χ0n) is 10.3. The van der Waals surface area contributed by atoms with Crippen molar-refractivity contribution in [3.63, 3.8) is 0 Å². The summed E-state index contributed by atoms with van der Waals surface area (Å²) >= 11 is 4.49. The summed E-state index contributed by atoms with van der Waals surface area (Å²) < 4.78 is 0. The minimum Gasteiger partial charge on any atom is -0.477 e. The lowest BCUT2D eigenvalue weighted by atomic mass is 10.2. The van der Waals surface area contributed by atoms with Gasteiger partial charge in [0.25, 0.3) is 5.91 Å². The molecule has 0 radical (unpaired) electrons. The maximum Gasteiger partial charge on any atom is 0.345 e. The van der Waals surface area contributed by atoms with E-state index in [0.717, 1.165) is 29.3 Å². The zero-order chi connectivity index (χ0) is 14.1. The molecule has 0 aromatic carbocycles. The van der Waals surface area contributed by atoms with Crippen LogP contribution in [0.3, 0.4) is 0 Å². The molecule has 0 spiro atoms. The van der Waals surface area contributed by atoms with E-state index in [-0.39, 0.29) is 10.8 Å². The Labute approximate surface area is 127 Å². The predicted molar refractivity (Wildman–Crippen MR) is 83.4 cm³/mol. The van der Waals surface area contributed by atoms with Crippen LogP contribution in [0, 0.1) is 0 Å². The van der Waals surface area contributed by atoms with Crippen LogP contribution in [0.25, 0.3) is 0 Å². The minimum atomic E-state index is -0.973. The van der Waals surface area contributed by atoms with Gasteiger partial charge in [0.15, 0.2) is 0 Å². The normalized spacial score (nSPS) is 13.8. The lowest BCUT2D eigenvalue weighted by Gasteiger charge is -2.08. The minimum absolute atomic E-state index is 0.159. The van der Waals surface area contributed by atoms with Gasteiger partial charge in [-0.3, -0.25) is 4.79 Å². The molecule has 7 heteroatoms. The third-order valence-electron chi connectivity index (χ3n) is 2.90. The quantitative estimate of drug-likeness (QED) is 0.905. The van der Waals surface area contributed by atoms with E-state index in [9.17, 15) is 9.59 Å². The van der Waals surface area contributed by atoms with Gasteiger partial charge >= 0.3 is 5.97 Å². The van der Waals surface area contributed by atoms with E-state index in [4.69, 9.17) is 5.11 Å². The molecule has 104 valence electrons. The summed E-state index contributed by atoms with van der Waals surface area (Å²) in [4.78, 5) is 25.2. The van der Waals surface area contributed by atoms with Crippen molar-refractivity contribution in [2.24, 2.45) is 0 Å². The summed E-state index contributed by atoms with van der Waals surface area (Å²) in [5.74, 6) is 0.954. The number of nitrogens with one attached hydrogen (secondary N) is 1. The number of hydrogen-bond donors (Lipinski definition) is 2. The zero-order valence-corrected chi connectivity index (χ0v) is 12.8. The number of carbonyl (C=O) groups is 2. The second kappa shape index (κ2) is 5.59. The summed E-state index contributed by atoms with van der Waals surface area (Å²) in [6.07, 6.45) is 1.03. The summed E-state index contributed by atoms with van der Waals surface area (Å²) in [6.45, 7) is 0. The van der Waals surface area contributed by atoms with Crippen molar-refractivity contribution >= 4 is 51.3 Å². The number of carboxylic acid groups (broad SMARTS) is 1. The Morgan fingerprint density at radius 3 is 2.75 bits per heavy atom. The standard InChI is InChI=1S/C13H11NO3S3/c15-12(14-11-2-1-9(20-11)13(16)17)10-5-7-6-18-4-3-8(7)19-10/h1-2,5H,3-4,6H2,(H,14,15)(H,16,17). The fraction of sp³-hybridized carbons (Fsp3) is 0.231. The molecule has 3 heterocycles. The highest BCUT2D eigenvalue weighted by molar-refractivity contribution is 7.98. The van der Waals surface area contributed by atoms with Crippen LogP contribution in [0.5, 0.6) is 0 Å². The Morgan fingerprint density at radius 1 is 1.20 bits per heavy atom. The van der Waals surface area contributed by atoms with Gasteiger partial charge in [-0.15, -0.1) is 22.7 Å². The number of rotatable bonds is 3. The largest absolute Gasteiger partial charge is 0.477 e. The second-order valence-corrected chi connectivity index (χ2v) is 7.61. The summed E-state index contributed by atoms with van der Waals surface area (Å²) in [5, 5.41) is 12.2. The van der Waals surface area contributed by atoms with Crippen LogP contribution < -0.4 is 5.32 Å². The number of aryl methyl sites for hydroxylation is 1. The van der Waals surface area contributed by atoms with Crippen LogP contribution in [0.1, 0.15) is 29.8 Å². The van der Waals surface area contributed by atoms with Crippen molar-refractivity contribution in [2.75, 3.05) is 11.1 Å². The fourth-order valence-corrected chi connectivity index (χ4v) is 4.96. The van der Waals surface area contributed by atoms with E-state index < -0.39 is 5.97 Å². The van der Waals surface area contributed by atoms with Gasteiger partial charge in [-0.1, -0.05) is 0 Å². The van der Waals surface area contributed by atoms with Crippen molar-refractivity contribution in [1.29, 1.82) is 0 Å². The van der Waals surface area contributed by atoms with E-state index >= 15 is 0 Å². The molecule has 0 unspecified atom stereocenters. The Hall–Kier alpha value is -1.31. The van der Waals surface area contributed by atoms with Gasteiger partial charge in [0.2, 0.25) is 0 Å². The molecule has 3 rings (SSSR count). The van der Waals surface area contributed by atoms with Crippen molar-refractivity contribution in [1.82, 2.24) is 0 Å². The molecule has 0 fully saturated rings. The lowest BCUT2D eigenvalue weighted by Crippen LogP contribution is -2.08. The molecular weight excluding hydrogens is 314 g/mol. The number of aromatic carboxylic acids is 1. The number of carbonyl (C=O) groups excluding carboxylic acids is 1. The van der Waals surface area contributed by atoms with Gasteiger partial charge in [0.1, 0.15) is 4.88 Å². The molecule has 0 aliphatic carbocycles. The van der Waals surface area contributed by atoms with Crippen LogP contribution in [-0.4, -0.2) is 22.7 Å². The molecule has 1 amide bonds. The van der Waals surface area contributed by atoms with Gasteiger partial charge in [0.05, 0.1) is 9.88 Å². The Balaban J connectivity index is 1.75. The number of thioether (sulfide) groups is 1. The third kappa shape index (κ3) is 2.74. The highest BCUT2D eigenvalue weighted by Crippen LogP contribution is 2.32. The van der Waals surface area contributed by atoms with Gasteiger partial charge in [-0.05, 0) is 35.9 Å². The van der Waals surface area contributed by atoms with Crippen LogP contribution >= 0.6 is 34.4 Å². The molecule has 4 nitrogen and oxygen atoms in total. The Kier molecular flexibility index (Phi) is 3.82. The summed E-state index contributed by atoms with van der Waals surface area (Å²) in [5.41, 5.74) is 1.26. The average Bonchev–Trinajstić information content (AvgIpc) is 3.04. The van der Waals surface area contributed by atoms with Gasteiger partial charge in [-0.2, -0.15) is 11.8 Å². The maximum absolute atomic E-state index is 12.2. The molecule has 1 aliphatic rings. The van der Waals surface area contributed by atoms with Crippen LogP contribution in [0.2, 0.25) is 0 Å². The maximum atomic E-state index is 12.2. The highest BCUT2D eigenvalue weighted by Gasteiger charge is 2.18. The fourth-order valence-electron chi connectivity index (χ4n) is 1.95. The molecule has 0 saturated heterocycles. The number of fused-ring (bicyclic) bond motifs is 1. The lowest BCUT2D eigenvalue weighted by molar-refractivity contribution is 0.0702. The van der Waals surface area contributed by atoms with E-state index in [1.165, 1.54) is 27.8 Å². The number of anilines is 1. The molecular formula is C13H11NO3S3. The number of carboxylic acids is 1. The van der Waals surface area contributed by atoms with Crippen molar-refractivity contribution in [3.8, 4) is 0 Å². The first-order chi connectivity index (χ1) is 9.63. The molecule has 2 aromatic rings. The molecule has 1 aliphatic heterocycles. The molecule has 0 saturated carbocycles. The van der Waals surface area contributed by atoms with Crippen LogP contribution in [0.4, 0.5) is 5.00 Å². The van der Waals surface area contributed by atoms with Crippen molar-refractivity contribution in [3.05, 3.63) is 38.4 Å². The first-order valence-corrected chi connectivity index (χ1v) is 8.76. The van der Waals surface area contributed by atoms with E-state index in [2.05, 4.69) is 5.32 Å². The van der Waals surface area contributed by atoms with Crippen molar-refractivity contribution < 1.29 is 14.7 Å². The highest BCUT2D eigenvalue weighted by atomic mass is 32.2. The van der Waals surface area contributed by atoms with Gasteiger partial charge < -0.3 is 10.4 Å². The second-order valence-electron chi connectivity index (χ2n) is 4.28. The van der Waals surface area contributed by atoms with Gasteiger partial charge in [-0.25, -0.2) is 4.79 Å². The number of amides is 1. The molecule has 0 bridgehead atoms. The van der Waals surface area contributed by atoms with E-state index in [0.29, 0.717) is 9.88 Å². The molecule has 0 atom stereocenters. The van der Waals surface area contributed by atoms with E-state index in [1.54, 1.807) is 6.07 Å². The van der Waals surface area contributed by atoms with Crippen molar-refractivity contribution in [2.45, 2.75) is 12.2 Å². The Bertz CT molecular complexity index is 651. The molecule has 2 aromatic heterocycles. The number of thiophene rings is 2. The first-order valence-electron chi connectivity index (χ1n) is 5.97. The third-order valence-corrected chi connectivity index (χ3v) is 6.14. The monoisotopic (exact) mass is 325 g/mol. The van der Waals surface area contributed by atoms with E-state index in [1.807, 2.05) is 17.8 Å². The molecule has 2 N–H and O–H groups in total. The van der Waals surface area contributed by atoms with Crippen LogP contribution in [0.15, 0.2) is 18.2 Å². The summed E-state index contributed by atoms with van der Waals surface area (Å²) in [6, 6.07) is 5.07.